The summed E-state index contributed by atoms with van der Waals surface area (Å²) in [7, 11) is 4.23. The summed E-state index contributed by atoms with van der Waals surface area (Å²) < 4.78 is 0. The first kappa shape index (κ1) is 14.2. The van der Waals surface area contributed by atoms with Crippen molar-refractivity contribution in [2.75, 3.05) is 58.3 Å². The Morgan fingerprint density at radius 2 is 1.89 bits per heavy atom. The minimum atomic E-state index is 0.450. The van der Waals surface area contributed by atoms with Crippen LogP contribution in [0.3, 0.4) is 0 Å². The molecule has 2 heterocycles. The number of aromatic nitrogens is 2. The van der Waals surface area contributed by atoms with E-state index in [4.69, 9.17) is 5.73 Å². The maximum Gasteiger partial charge on any atom is 0.147 e. The molecule has 0 saturated carbocycles. The van der Waals surface area contributed by atoms with Gasteiger partial charge in [-0.15, -0.1) is 0 Å². The first-order valence-corrected chi connectivity index (χ1v) is 6.82. The molecular weight excluding hydrogens is 240 g/mol. The second kappa shape index (κ2) is 6.79. The van der Waals surface area contributed by atoms with Crippen molar-refractivity contribution < 1.29 is 0 Å². The van der Waals surface area contributed by atoms with Crippen LogP contribution >= 0.6 is 0 Å². The zero-order valence-corrected chi connectivity index (χ0v) is 11.9. The van der Waals surface area contributed by atoms with Gasteiger partial charge in [-0.05, 0) is 14.1 Å². The summed E-state index contributed by atoms with van der Waals surface area (Å²) in [5, 5.41) is 0. The highest BCUT2D eigenvalue weighted by Crippen LogP contribution is 2.12. The van der Waals surface area contributed by atoms with Crippen LogP contribution in [0.15, 0.2) is 12.4 Å². The lowest BCUT2D eigenvalue weighted by atomic mass is 10.3. The molecule has 1 aliphatic heterocycles. The average Bonchev–Trinajstić information content (AvgIpc) is 2.46. The van der Waals surface area contributed by atoms with Crippen LogP contribution in [-0.4, -0.2) is 73.1 Å². The van der Waals surface area contributed by atoms with Crippen LogP contribution in [-0.2, 0) is 6.54 Å². The molecule has 19 heavy (non-hydrogen) atoms. The summed E-state index contributed by atoms with van der Waals surface area (Å²) in [4.78, 5) is 15.7. The summed E-state index contributed by atoms with van der Waals surface area (Å²) in [5.74, 6) is 0.962. The Bertz CT molecular complexity index is 369. The van der Waals surface area contributed by atoms with E-state index in [9.17, 15) is 0 Å². The maximum atomic E-state index is 5.53. The van der Waals surface area contributed by atoms with Crippen LogP contribution in [0.25, 0.3) is 0 Å². The summed E-state index contributed by atoms with van der Waals surface area (Å²) in [5.41, 5.74) is 6.37. The van der Waals surface area contributed by atoms with Gasteiger partial charge < -0.3 is 15.5 Å². The number of rotatable bonds is 5. The Morgan fingerprint density at radius 1 is 1.16 bits per heavy atom. The van der Waals surface area contributed by atoms with E-state index in [2.05, 4.69) is 38.8 Å². The molecule has 1 aromatic heterocycles. The average molecular weight is 264 g/mol. The van der Waals surface area contributed by atoms with Gasteiger partial charge in [0, 0.05) is 45.8 Å². The van der Waals surface area contributed by atoms with E-state index in [0.717, 1.165) is 50.8 Å². The number of anilines is 1. The minimum absolute atomic E-state index is 0.450. The van der Waals surface area contributed by atoms with Crippen LogP contribution in [0.4, 0.5) is 5.82 Å². The van der Waals surface area contributed by atoms with E-state index in [1.165, 1.54) is 0 Å². The zero-order chi connectivity index (χ0) is 13.7. The second-order valence-corrected chi connectivity index (χ2v) is 5.20. The monoisotopic (exact) mass is 264 g/mol. The number of nitrogens with zero attached hydrogens (tertiary/aromatic N) is 5. The molecule has 0 aliphatic carbocycles. The number of piperazine rings is 1. The highest BCUT2D eigenvalue weighted by atomic mass is 15.3. The Morgan fingerprint density at radius 3 is 2.42 bits per heavy atom. The van der Waals surface area contributed by atoms with Gasteiger partial charge in [0.15, 0.2) is 0 Å². The van der Waals surface area contributed by atoms with Crippen molar-refractivity contribution in [1.82, 2.24) is 19.8 Å². The van der Waals surface area contributed by atoms with Crippen molar-refractivity contribution in [1.29, 1.82) is 0 Å². The molecule has 1 fully saturated rings. The molecule has 1 aromatic rings. The molecule has 0 unspecified atom stereocenters. The highest BCUT2D eigenvalue weighted by molar-refractivity contribution is 5.36. The molecule has 2 rings (SSSR count). The molecular formula is C13H24N6. The number of hydrogen-bond acceptors (Lipinski definition) is 6. The van der Waals surface area contributed by atoms with Crippen molar-refractivity contribution in [3.05, 3.63) is 18.1 Å². The van der Waals surface area contributed by atoms with Crippen LogP contribution < -0.4 is 10.6 Å². The quantitative estimate of drug-likeness (QED) is 0.782. The Hall–Kier alpha value is -1.24. The number of nitrogens with two attached hydrogens (primary N) is 1. The third kappa shape index (κ3) is 4.12. The van der Waals surface area contributed by atoms with Crippen molar-refractivity contribution in [2.45, 2.75) is 6.54 Å². The summed E-state index contributed by atoms with van der Waals surface area (Å²) >= 11 is 0. The smallest absolute Gasteiger partial charge is 0.147 e. The lowest BCUT2D eigenvalue weighted by Gasteiger charge is -2.35. The molecule has 0 radical (unpaired) electrons. The number of hydrogen-bond donors (Lipinski definition) is 1. The fraction of sp³-hybridized carbons (Fsp3) is 0.692. The van der Waals surface area contributed by atoms with Gasteiger partial charge in [0.25, 0.3) is 0 Å². The van der Waals surface area contributed by atoms with Crippen molar-refractivity contribution in [3.8, 4) is 0 Å². The van der Waals surface area contributed by atoms with Gasteiger partial charge in [0.05, 0.1) is 18.1 Å². The molecule has 1 saturated heterocycles. The normalized spacial score (nSPS) is 17.2. The minimum Gasteiger partial charge on any atom is -0.353 e. The molecule has 0 atom stereocenters. The van der Waals surface area contributed by atoms with Gasteiger partial charge in [-0.25, -0.2) is 4.98 Å². The lowest BCUT2D eigenvalue weighted by molar-refractivity contribution is 0.229. The summed E-state index contributed by atoms with van der Waals surface area (Å²) in [6.07, 6.45) is 3.60. The third-order valence-electron chi connectivity index (χ3n) is 3.46. The molecule has 0 amide bonds. The third-order valence-corrected chi connectivity index (χ3v) is 3.46. The molecule has 2 N–H and O–H groups in total. The van der Waals surface area contributed by atoms with E-state index >= 15 is 0 Å². The van der Waals surface area contributed by atoms with E-state index in [-0.39, 0.29) is 0 Å². The van der Waals surface area contributed by atoms with E-state index in [1.54, 1.807) is 6.20 Å². The van der Waals surface area contributed by atoms with E-state index in [1.807, 2.05) is 6.20 Å². The van der Waals surface area contributed by atoms with Gasteiger partial charge in [0.2, 0.25) is 0 Å². The predicted octanol–water partition coefficient (Wildman–Crippen LogP) is -0.381. The van der Waals surface area contributed by atoms with Crippen LogP contribution in [0, 0.1) is 0 Å². The summed E-state index contributed by atoms with van der Waals surface area (Å²) in [6.45, 7) is 6.92. The Labute approximate surface area is 115 Å². The van der Waals surface area contributed by atoms with Gasteiger partial charge >= 0.3 is 0 Å². The van der Waals surface area contributed by atoms with Gasteiger partial charge in [-0.2, -0.15) is 0 Å². The summed E-state index contributed by atoms with van der Waals surface area (Å²) in [6, 6.07) is 0. The van der Waals surface area contributed by atoms with Crippen LogP contribution in [0.2, 0.25) is 0 Å². The zero-order valence-electron chi connectivity index (χ0n) is 11.9. The van der Waals surface area contributed by atoms with E-state index < -0.39 is 0 Å². The molecule has 0 aromatic carbocycles. The first-order valence-electron chi connectivity index (χ1n) is 6.82. The molecule has 1 aliphatic rings. The van der Waals surface area contributed by atoms with Crippen LogP contribution in [0.1, 0.15) is 5.69 Å². The Kier molecular flexibility index (Phi) is 5.07. The SMILES string of the molecule is CN(C)CCN1CCN(c2cnc(CN)cn2)CC1. The van der Waals surface area contributed by atoms with Crippen molar-refractivity contribution in [3.63, 3.8) is 0 Å². The topological polar surface area (TPSA) is 61.5 Å². The first-order chi connectivity index (χ1) is 9.19. The fourth-order valence-electron chi connectivity index (χ4n) is 2.16. The maximum absolute atomic E-state index is 5.53. The lowest BCUT2D eigenvalue weighted by Crippen LogP contribution is -2.48. The van der Waals surface area contributed by atoms with Gasteiger partial charge in [-0.3, -0.25) is 9.88 Å². The fourth-order valence-corrected chi connectivity index (χ4v) is 2.16. The predicted molar refractivity (Wildman–Crippen MR) is 77.1 cm³/mol. The molecule has 0 spiro atoms. The Balaban J connectivity index is 1.81. The van der Waals surface area contributed by atoms with Gasteiger partial charge in [-0.1, -0.05) is 0 Å². The largest absolute Gasteiger partial charge is 0.353 e. The molecule has 6 heteroatoms. The standard InChI is InChI=1S/C13H24N6/c1-17(2)3-4-18-5-7-19(8-6-18)13-11-15-12(9-14)10-16-13/h10-11H,3-9,14H2,1-2H3. The number of likely N-dealkylation sites (N-methyl/N-ethyl adjacent to an activating group) is 1. The molecule has 0 bridgehead atoms. The van der Waals surface area contributed by atoms with E-state index in [0.29, 0.717) is 6.54 Å². The van der Waals surface area contributed by atoms with Crippen molar-refractivity contribution in [2.24, 2.45) is 5.73 Å². The molecule has 6 nitrogen and oxygen atoms in total. The second-order valence-electron chi connectivity index (χ2n) is 5.20. The van der Waals surface area contributed by atoms with Gasteiger partial charge in [0.1, 0.15) is 5.82 Å². The van der Waals surface area contributed by atoms with Crippen LogP contribution in [0.5, 0.6) is 0 Å². The highest BCUT2D eigenvalue weighted by Gasteiger charge is 2.17. The molecule has 106 valence electrons. The van der Waals surface area contributed by atoms with Crippen molar-refractivity contribution >= 4 is 5.82 Å².